The molecule has 3 atom stereocenters. The second kappa shape index (κ2) is 8.03. The Hall–Kier alpha value is -2.40. The monoisotopic (exact) mass is 428 g/mol. The molecule has 0 saturated heterocycles. The molecule has 5 nitrogen and oxygen atoms in total. The van der Waals surface area contributed by atoms with E-state index in [1.807, 2.05) is 30.0 Å². The molecule has 2 aliphatic heterocycles. The number of halogens is 1. The van der Waals surface area contributed by atoms with Crippen LogP contribution in [0.3, 0.4) is 0 Å². The van der Waals surface area contributed by atoms with E-state index in [1.54, 1.807) is 0 Å². The zero-order valence-corrected chi connectivity index (χ0v) is 18.3. The molecule has 3 aliphatic rings. The second-order valence-corrected chi connectivity index (χ2v) is 8.45. The number of fused-ring (bicyclic) bond motifs is 2. The summed E-state index contributed by atoms with van der Waals surface area (Å²) in [5, 5.41) is 0. The molecule has 5 rings (SSSR count). The third-order valence-corrected chi connectivity index (χ3v) is 6.39. The highest BCUT2D eigenvalue weighted by Gasteiger charge is 2.48. The van der Waals surface area contributed by atoms with Crippen molar-refractivity contribution in [2.24, 2.45) is 5.92 Å². The molecular weight excluding hydrogens is 400 g/mol. The maximum absolute atomic E-state index is 13.4. The number of carbonyl (C=O) groups excluding carboxylic acids is 1. The maximum atomic E-state index is 13.4. The summed E-state index contributed by atoms with van der Waals surface area (Å²) in [5.74, 6) is 2.26. The van der Waals surface area contributed by atoms with Crippen molar-refractivity contribution in [2.75, 3.05) is 23.8 Å². The smallest absolute Gasteiger partial charge is 0.230 e. The van der Waals surface area contributed by atoms with Crippen LogP contribution >= 0.6 is 12.4 Å². The molecule has 2 heterocycles. The number of rotatable bonds is 4. The fraction of sp³-hybridized carbons (Fsp3) is 0.458. The summed E-state index contributed by atoms with van der Waals surface area (Å²) in [4.78, 5) is 15.3. The molecule has 0 spiro atoms. The third-order valence-electron chi connectivity index (χ3n) is 6.39. The van der Waals surface area contributed by atoms with Crippen molar-refractivity contribution in [1.82, 2.24) is 0 Å². The van der Waals surface area contributed by atoms with Gasteiger partial charge in [-0.2, -0.15) is 0 Å². The van der Waals surface area contributed by atoms with Crippen LogP contribution < -0.4 is 20.1 Å². The van der Waals surface area contributed by atoms with Gasteiger partial charge in [0.2, 0.25) is 5.91 Å². The number of carbonyl (C=O) groups is 1. The lowest BCUT2D eigenvalue weighted by molar-refractivity contribution is -0.120. The largest absolute Gasteiger partial charge is 0.494 e. The summed E-state index contributed by atoms with van der Waals surface area (Å²) in [6.45, 7) is 5.47. The molecule has 1 fully saturated rings. The number of amides is 1. The van der Waals surface area contributed by atoms with Crippen LogP contribution in [0.15, 0.2) is 30.3 Å². The van der Waals surface area contributed by atoms with Gasteiger partial charge >= 0.3 is 0 Å². The predicted octanol–water partition coefficient (Wildman–Crippen LogP) is 4.50. The summed E-state index contributed by atoms with van der Waals surface area (Å²) in [6, 6.07) is 10.1. The van der Waals surface area contributed by atoms with Gasteiger partial charge in [-0.05, 0) is 62.9 Å². The van der Waals surface area contributed by atoms with Crippen LogP contribution in [0.4, 0.5) is 11.4 Å². The number of hydrogen-bond acceptors (Lipinski definition) is 4. The average Bonchev–Trinajstić information content (AvgIpc) is 3.42. The summed E-state index contributed by atoms with van der Waals surface area (Å²) >= 11 is 0. The topological polar surface area (TPSA) is 64.8 Å². The molecule has 2 aromatic rings. The van der Waals surface area contributed by atoms with E-state index in [2.05, 4.69) is 19.1 Å². The molecule has 1 amide bonds. The Bertz CT molecular complexity index is 977. The Balaban J connectivity index is 0.00000218. The van der Waals surface area contributed by atoms with E-state index in [1.165, 1.54) is 5.56 Å². The average molecular weight is 429 g/mol. The van der Waals surface area contributed by atoms with Crippen molar-refractivity contribution >= 4 is 29.7 Å². The zero-order chi connectivity index (χ0) is 20.1. The number of nitrogen functional groups attached to an aromatic ring is 1. The van der Waals surface area contributed by atoms with Gasteiger partial charge in [0, 0.05) is 47.3 Å². The van der Waals surface area contributed by atoms with Crippen LogP contribution in [0.1, 0.15) is 49.3 Å². The molecule has 2 N–H and O–H groups in total. The maximum Gasteiger partial charge on any atom is 0.230 e. The zero-order valence-electron chi connectivity index (χ0n) is 17.5. The number of nitrogens with two attached hydrogens (primary N) is 1. The Kier molecular flexibility index (Phi) is 5.58. The first kappa shape index (κ1) is 20.9. The van der Waals surface area contributed by atoms with Crippen LogP contribution in [-0.2, 0) is 17.6 Å². The van der Waals surface area contributed by atoms with E-state index < -0.39 is 0 Å². The molecule has 160 valence electrons. The van der Waals surface area contributed by atoms with Gasteiger partial charge in [0.15, 0.2) is 0 Å². The molecule has 0 aromatic heterocycles. The second-order valence-electron chi connectivity index (χ2n) is 8.45. The van der Waals surface area contributed by atoms with Crippen molar-refractivity contribution in [1.29, 1.82) is 0 Å². The third kappa shape index (κ3) is 3.49. The molecule has 0 radical (unpaired) electrons. The minimum atomic E-state index is -0.00142. The van der Waals surface area contributed by atoms with Gasteiger partial charge in [-0.1, -0.05) is 6.07 Å². The van der Waals surface area contributed by atoms with Gasteiger partial charge in [-0.3, -0.25) is 4.79 Å². The molecule has 2 aromatic carbocycles. The van der Waals surface area contributed by atoms with Gasteiger partial charge in [-0.15, -0.1) is 12.4 Å². The molecule has 1 saturated carbocycles. The van der Waals surface area contributed by atoms with Crippen molar-refractivity contribution in [2.45, 2.75) is 51.6 Å². The molecule has 30 heavy (non-hydrogen) atoms. The van der Waals surface area contributed by atoms with E-state index in [0.717, 1.165) is 66.2 Å². The minimum absolute atomic E-state index is 0. The SMILES string of the molecule is CCOc1cc2c(cc1C1CC1C(=O)N1CCCc3c(N)cccc31)OC(C)C2.Cl. The molecule has 6 heteroatoms. The number of ether oxygens (including phenoxy) is 2. The van der Waals surface area contributed by atoms with E-state index >= 15 is 0 Å². The summed E-state index contributed by atoms with van der Waals surface area (Å²) in [7, 11) is 0. The van der Waals surface area contributed by atoms with Gasteiger partial charge in [0.25, 0.3) is 0 Å². The first-order chi connectivity index (χ1) is 14.1. The lowest BCUT2D eigenvalue weighted by Gasteiger charge is -2.30. The first-order valence-electron chi connectivity index (χ1n) is 10.7. The van der Waals surface area contributed by atoms with Gasteiger partial charge < -0.3 is 20.1 Å². The number of benzene rings is 2. The van der Waals surface area contributed by atoms with Crippen LogP contribution in [-0.4, -0.2) is 25.2 Å². The van der Waals surface area contributed by atoms with Gasteiger partial charge in [-0.25, -0.2) is 0 Å². The summed E-state index contributed by atoms with van der Waals surface area (Å²) in [6.07, 6.45) is 3.87. The Morgan fingerprint density at radius 1 is 1.33 bits per heavy atom. The predicted molar refractivity (Wildman–Crippen MR) is 121 cm³/mol. The first-order valence-corrected chi connectivity index (χ1v) is 10.7. The van der Waals surface area contributed by atoms with E-state index in [-0.39, 0.29) is 36.3 Å². The van der Waals surface area contributed by atoms with Crippen molar-refractivity contribution in [3.63, 3.8) is 0 Å². The van der Waals surface area contributed by atoms with E-state index in [9.17, 15) is 4.79 Å². The Morgan fingerprint density at radius 2 is 2.17 bits per heavy atom. The Morgan fingerprint density at radius 3 is 2.97 bits per heavy atom. The number of anilines is 2. The van der Waals surface area contributed by atoms with Gasteiger partial charge in [0.05, 0.1) is 6.61 Å². The Labute approximate surface area is 183 Å². The number of hydrogen-bond donors (Lipinski definition) is 1. The fourth-order valence-corrected chi connectivity index (χ4v) is 4.92. The van der Waals surface area contributed by atoms with Crippen LogP contribution in [0, 0.1) is 5.92 Å². The normalized spacial score (nSPS) is 23.7. The highest BCUT2D eigenvalue weighted by Crippen LogP contribution is 2.54. The van der Waals surface area contributed by atoms with E-state index in [4.69, 9.17) is 15.2 Å². The summed E-state index contributed by atoms with van der Waals surface area (Å²) < 4.78 is 11.9. The molecule has 0 bridgehead atoms. The number of nitrogens with zero attached hydrogens (tertiary/aromatic N) is 1. The van der Waals surface area contributed by atoms with Crippen molar-refractivity contribution in [3.05, 3.63) is 47.0 Å². The van der Waals surface area contributed by atoms with Crippen LogP contribution in [0.2, 0.25) is 0 Å². The standard InChI is InChI=1S/C24H28N2O3.ClH/c1-3-28-23-11-15-10-14(2)29-22(15)13-18(23)17-12-19(17)24(27)26-9-5-6-16-20(25)7-4-8-21(16)26;/h4,7-8,11,13-14,17,19H,3,5-6,9-10,12,25H2,1-2H3;1H. The highest BCUT2D eigenvalue weighted by atomic mass is 35.5. The lowest BCUT2D eigenvalue weighted by Crippen LogP contribution is -2.37. The van der Waals surface area contributed by atoms with Crippen molar-refractivity contribution in [3.8, 4) is 11.5 Å². The highest BCUT2D eigenvalue weighted by molar-refractivity contribution is 5.99. The minimum Gasteiger partial charge on any atom is -0.494 e. The summed E-state index contributed by atoms with van der Waals surface area (Å²) in [5.41, 5.74) is 11.4. The van der Waals surface area contributed by atoms with Crippen LogP contribution in [0.25, 0.3) is 0 Å². The van der Waals surface area contributed by atoms with Crippen molar-refractivity contribution < 1.29 is 14.3 Å². The van der Waals surface area contributed by atoms with Crippen LogP contribution in [0.5, 0.6) is 11.5 Å². The molecular formula is C24H29ClN2O3. The van der Waals surface area contributed by atoms with Gasteiger partial charge in [0.1, 0.15) is 17.6 Å². The molecule has 1 aliphatic carbocycles. The molecule has 3 unspecified atom stereocenters. The fourth-order valence-electron chi connectivity index (χ4n) is 4.92. The quantitative estimate of drug-likeness (QED) is 0.728. The lowest BCUT2D eigenvalue weighted by atomic mass is 9.98. The van der Waals surface area contributed by atoms with E-state index in [0.29, 0.717) is 6.61 Å².